The number of nitriles is 1. The van der Waals surface area contributed by atoms with Crippen molar-refractivity contribution in [2.75, 3.05) is 25.5 Å². The lowest BCUT2D eigenvalue weighted by Gasteiger charge is -2.32. The van der Waals surface area contributed by atoms with Crippen LogP contribution in [0.2, 0.25) is 0 Å². The summed E-state index contributed by atoms with van der Waals surface area (Å²) >= 11 is 0. The number of likely N-dealkylation sites (tertiary alicyclic amines) is 1. The second kappa shape index (κ2) is 13.1. The molecule has 0 bridgehead atoms. The van der Waals surface area contributed by atoms with Crippen LogP contribution in [0, 0.1) is 17.9 Å². The molecule has 2 amide bonds. The van der Waals surface area contributed by atoms with Gasteiger partial charge in [-0.3, -0.25) is 14.6 Å². The van der Waals surface area contributed by atoms with Gasteiger partial charge in [0.05, 0.1) is 42.8 Å². The minimum absolute atomic E-state index is 0.0907. The Morgan fingerprint density at radius 1 is 1.00 bits per heavy atom. The van der Waals surface area contributed by atoms with Crippen molar-refractivity contribution in [1.29, 1.82) is 5.26 Å². The summed E-state index contributed by atoms with van der Waals surface area (Å²) in [5, 5.41) is 11.6. The van der Waals surface area contributed by atoms with E-state index in [2.05, 4.69) is 20.1 Å². The van der Waals surface area contributed by atoms with Gasteiger partial charge in [0.2, 0.25) is 5.88 Å². The quantitative estimate of drug-likeness (QED) is 0.268. The molecule has 0 radical (unpaired) electrons. The highest BCUT2D eigenvalue weighted by Gasteiger charge is 2.26. The zero-order chi connectivity index (χ0) is 30.2. The van der Waals surface area contributed by atoms with Crippen molar-refractivity contribution in [3.8, 4) is 29.2 Å². The van der Waals surface area contributed by atoms with Crippen LogP contribution >= 0.6 is 0 Å². The van der Waals surface area contributed by atoms with E-state index >= 15 is 0 Å². The normalized spacial score (nSPS) is 12.9. The number of benzene rings is 2. The van der Waals surface area contributed by atoms with Gasteiger partial charge in [0.1, 0.15) is 23.3 Å². The van der Waals surface area contributed by atoms with Crippen LogP contribution in [0.25, 0.3) is 4.85 Å². The third kappa shape index (κ3) is 7.04. The Labute approximate surface area is 248 Å². The predicted molar refractivity (Wildman–Crippen MR) is 156 cm³/mol. The first-order chi connectivity index (χ1) is 20.9. The maximum atomic E-state index is 13.1. The van der Waals surface area contributed by atoms with Crippen molar-refractivity contribution in [3.63, 3.8) is 0 Å². The van der Waals surface area contributed by atoms with E-state index in [0.717, 1.165) is 0 Å². The Hall–Kier alpha value is -5.94. The number of carbonyl (C=O) groups is 2. The molecule has 2 aromatic carbocycles. The van der Waals surface area contributed by atoms with Gasteiger partial charge in [-0.2, -0.15) is 5.26 Å². The minimum Gasteiger partial charge on any atom is -0.494 e. The fourth-order valence-electron chi connectivity index (χ4n) is 4.44. The molecule has 0 aliphatic carbocycles. The number of pyridine rings is 2. The second-order valence-electron chi connectivity index (χ2n) is 9.57. The third-order valence-electron chi connectivity index (χ3n) is 6.74. The second-order valence-corrected chi connectivity index (χ2v) is 9.57. The van der Waals surface area contributed by atoms with E-state index in [1.807, 2.05) is 6.07 Å². The van der Waals surface area contributed by atoms with E-state index < -0.39 is 5.91 Å². The first kappa shape index (κ1) is 28.6. The molecule has 1 aliphatic heterocycles. The van der Waals surface area contributed by atoms with Crippen LogP contribution in [0.4, 0.5) is 11.4 Å². The first-order valence-electron chi connectivity index (χ1n) is 13.4. The molecule has 4 aromatic rings. The Bertz CT molecular complexity index is 1690. The van der Waals surface area contributed by atoms with Crippen LogP contribution in [-0.2, 0) is 0 Å². The summed E-state index contributed by atoms with van der Waals surface area (Å²) in [4.78, 5) is 39.3. The van der Waals surface area contributed by atoms with Crippen molar-refractivity contribution in [3.05, 3.63) is 107 Å². The number of nitrogens with one attached hydrogen (secondary N) is 1. The van der Waals surface area contributed by atoms with Gasteiger partial charge in [0, 0.05) is 38.2 Å². The summed E-state index contributed by atoms with van der Waals surface area (Å²) in [6.07, 6.45) is 4.04. The molecule has 0 spiro atoms. The Kier molecular flexibility index (Phi) is 8.74. The van der Waals surface area contributed by atoms with Crippen molar-refractivity contribution in [1.82, 2.24) is 14.9 Å². The number of piperidine rings is 1. The van der Waals surface area contributed by atoms with Gasteiger partial charge < -0.3 is 24.4 Å². The van der Waals surface area contributed by atoms with Gasteiger partial charge in [-0.1, -0.05) is 6.07 Å². The third-order valence-corrected chi connectivity index (χ3v) is 6.74. The molecule has 214 valence electrons. The largest absolute Gasteiger partial charge is 0.494 e. The number of rotatable bonds is 8. The number of nitrogens with zero attached hydrogens (tertiary/aromatic N) is 5. The van der Waals surface area contributed by atoms with Crippen molar-refractivity contribution in [2.24, 2.45) is 0 Å². The van der Waals surface area contributed by atoms with Crippen molar-refractivity contribution >= 4 is 23.2 Å². The fourth-order valence-corrected chi connectivity index (χ4v) is 4.44. The fraction of sp³-hybridized carbons (Fsp3) is 0.188. The number of methoxy groups -OCH3 is 1. The molecule has 3 heterocycles. The lowest BCUT2D eigenvalue weighted by atomic mass is 10.1. The van der Waals surface area contributed by atoms with Gasteiger partial charge in [-0.25, -0.2) is 9.83 Å². The number of hydrogen-bond acceptors (Lipinski definition) is 8. The number of anilines is 1. The van der Waals surface area contributed by atoms with Gasteiger partial charge in [-0.05, 0) is 54.6 Å². The highest BCUT2D eigenvalue weighted by atomic mass is 16.5. The number of hydrogen-bond donors (Lipinski definition) is 1. The molecule has 1 N–H and O–H groups in total. The summed E-state index contributed by atoms with van der Waals surface area (Å²) in [5.41, 5.74) is 1.99. The first-order valence-corrected chi connectivity index (χ1v) is 13.4. The molecule has 43 heavy (non-hydrogen) atoms. The molecular formula is C32H26N6O5. The van der Waals surface area contributed by atoms with Crippen LogP contribution in [0.3, 0.4) is 0 Å². The predicted octanol–water partition coefficient (Wildman–Crippen LogP) is 5.64. The van der Waals surface area contributed by atoms with Gasteiger partial charge in [0.25, 0.3) is 11.8 Å². The molecule has 5 rings (SSSR count). The molecule has 1 saturated heterocycles. The lowest BCUT2D eigenvalue weighted by Crippen LogP contribution is -2.41. The summed E-state index contributed by atoms with van der Waals surface area (Å²) in [6.45, 7) is 8.16. The molecule has 2 aromatic heterocycles. The van der Waals surface area contributed by atoms with E-state index in [0.29, 0.717) is 71.6 Å². The Morgan fingerprint density at radius 2 is 1.79 bits per heavy atom. The smallest absolute Gasteiger partial charge is 0.274 e. The Morgan fingerprint density at radius 3 is 2.42 bits per heavy atom. The van der Waals surface area contributed by atoms with Crippen LogP contribution in [0.15, 0.2) is 79.1 Å². The SMILES string of the molecule is [C-]#[N+]c1ccc(OC2CCN(C(=O)c3ccc(C(=O)Nc4ccc(Oc5ccc(C#N)cc5)nc4)nc3)CC2)c(OC)c1. The minimum atomic E-state index is -0.445. The highest BCUT2D eigenvalue weighted by molar-refractivity contribution is 6.03. The lowest BCUT2D eigenvalue weighted by molar-refractivity contribution is 0.0590. The average molecular weight is 575 g/mol. The van der Waals surface area contributed by atoms with Crippen LogP contribution < -0.4 is 19.5 Å². The van der Waals surface area contributed by atoms with E-state index in [1.165, 1.54) is 25.6 Å². The van der Waals surface area contributed by atoms with Gasteiger partial charge >= 0.3 is 0 Å². The molecule has 1 aliphatic rings. The van der Waals surface area contributed by atoms with E-state index in [4.69, 9.17) is 26.0 Å². The number of ether oxygens (including phenoxy) is 3. The molecule has 11 nitrogen and oxygen atoms in total. The number of carbonyl (C=O) groups excluding carboxylic acids is 2. The molecule has 0 unspecified atom stereocenters. The summed E-state index contributed by atoms with van der Waals surface area (Å²) in [6, 6.07) is 20.1. The van der Waals surface area contributed by atoms with E-state index in [1.54, 1.807) is 65.6 Å². The summed E-state index contributed by atoms with van der Waals surface area (Å²) in [7, 11) is 1.53. The van der Waals surface area contributed by atoms with E-state index in [9.17, 15) is 9.59 Å². The molecule has 0 atom stereocenters. The topological polar surface area (TPSA) is 131 Å². The van der Waals surface area contributed by atoms with E-state index in [-0.39, 0.29) is 17.7 Å². The zero-order valence-corrected chi connectivity index (χ0v) is 23.2. The monoisotopic (exact) mass is 574 g/mol. The highest BCUT2D eigenvalue weighted by Crippen LogP contribution is 2.33. The molecular weight excluding hydrogens is 548 g/mol. The van der Waals surface area contributed by atoms with Crippen LogP contribution in [0.5, 0.6) is 23.1 Å². The maximum Gasteiger partial charge on any atom is 0.274 e. The Balaban J connectivity index is 1.11. The summed E-state index contributed by atoms with van der Waals surface area (Å²) in [5.74, 6) is 1.32. The van der Waals surface area contributed by atoms with Gasteiger partial charge in [0.15, 0.2) is 11.4 Å². The molecule has 11 heteroatoms. The van der Waals surface area contributed by atoms with Crippen molar-refractivity contribution in [2.45, 2.75) is 18.9 Å². The maximum absolute atomic E-state index is 13.1. The molecule has 1 fully saturated rings. The van der Waals surface area contributed by atoms with Crippen LogP contribution in [-0.4, -0.2) is 53.0 Å². The molecule has 0 saturated carbocycles. The number of aromatic nitrogens is 2. The summed E-state index contributed by atoms with van der Waals surface area (Å²) < 4.78 is 17.1. The van der Waals surface area contributed by atoms with Crippen molar-refractivity contribution < 1.29 is 23.8 Å². The number of amides is 2. The van der Waals surface area contributed by atoms with Gasteiger partial charge in [-0.15, -0.1) is 0 Å². The average Bonchev–Trinajstić information content (AvgIpc) is 3.06. The zero-order valence-electron chi connectivity index (χ0n) is 23.2. The standard InChI is InChI=1S/C32H26N6O5/c1-34-23-6-11-28(29(17-23)41-2)42-26-13-15-38(16-14-26)32(40)22-5-10-27(35-19-22)31(39)37-24-7-12-30(36-20-24)43-25-8-3-21(18-33)4-9-25/h3-12,17,19-20,26H,13-16H2,2H3,(H,37,39). The van der Waals surface area contributed by atoms with Crippen LogP contribution in [0.1, 0.15) is 39.3 Å².